The molecule has 0 aromatic carbocycles. The van der Waals surface area contributed by atoms with Gasteiger partial charge in [0.25, 0.3) is 0 Å². The minimum Gasteiger partial charge on any atom is -0.314 e. The number of rotatable bonds is 6. The van der Waals surface area contributed by atoms with Crippen LogP contribution in [0, 0.1) is 17.2 Å². The van der Waals surface area contributed by atoms with Crippen LogP contribution < -0.4 is 5.32 Å². The van der Waals surface area contributed by atoms with Crippen molar-refractivity contribution in [2.75, 3.05) is 26.7 Å². The molecule has 1 fully saturated rings. The average molecular weight is 235 g/mol. The second kappa shape index (κ2) is 5.51. The number of likely N-dealkylation sites (N-methyl/N-ethyl adjacent to an activating group) is 1. The van der Waals surface area contributed by atoms with Crippen LogP contribution in [0.3, 0.4) is 0 Å². The third-order valence-electron chi connectivity index (χ3n) is 2.71. The zero-order valence-corrected chi connectivity index (χ0v) is 9.22. The summed E-state index contributed by atoms with van der Waals surface area (Å²) >= 11 is 0. The standard InChI is InChI=1S/C10H16F3N3/c1-16(9-2-3-9)5-4-15-7-8(6-14)10(11,12)13/h8-9,15H,2-5,7H2,1H3. The Kier molecular flexibility index (Phi) is 4.56. The lowest BCUT2D eigenvalue weighted by molar-refractivity contribution is -0.157. The normalized spacial score (nSPS) is 18.5. The Morgan fingerprint density at radius 1 is 1.50 bits per heavy atom. The van der Waals surface area contributed by atoms with Crippen molar-refractivity contribution in [3.05, 3.63) is 0 Å². The largest absolute Gasteiger partial charge is 0.405 e. The second-order valence-corrected chi connectivity index (χ2v) is 4.14. The minimum atomic E-state index is -4.43. The van der Waals surface area contributed by atoms with Crippen LogP contribution in [-0.2, 0) is 0 Å². The van der Waals surface area contributed by atoms with Gasteiger partial charge in [-0.2, -0.15) is 18.4 Å². The van der Waals surface area contributed by atoms with Gasteiger partial charge >= 0.3 is 6.18 Å². The molecule has 16 heavy (non-hydrogen) atoms. The molecular weight excluding hydrogens is 219 g/mol. The Labute approximate surface area is 93.2 Å². The number of hydrogen-bond acceptors (Lipinski definition) is 3. The van der Waals surface area contributed by atoms with E-state index in [1.807, 2.05) is 7.05 Å². The van der Waals surface area contributed by atoms with E-state index in [2.05, 4.69) is 10.2 Å². The fourth-order valence-electron chi connectivity index (χ4n) is 1.43. The monoisotopic (exact) mass is 235 g/mol. The molecule has 1 rings (SSSR count). The predicted molar refractivity (Wildman–Crippen MR) is 53.7 cm³/mol. The first kappa shape index (κ1) is 13.3. The fourth-order valence-corrected chi connectivity index (χ4v) is 1.43. The number of alkyl halides is 3. The summed E-state index contributed by atoms with van der Waals surface area (Å²) in [6, 6.07) is 1.87. The van der Waals surface area contributed by atoms with Gasteiger partial charge in [-0.25, -0.2) is 0 Å². The molecule has 0 saturated heterocycles. The molecule has 1 unspecified atom stereocenters. The lowest BCUT2D eigenvalue weighted by Gasteiger charge is -2.17. The molecule has 0 aromatic heterocycles. The van der Waals surface area contributed by atoms with E-state index in [-0.39, 0.29) is 6.54 Å². The van der Waals surface area contributed by atoms with Crippen LogP contribution in [0.15, 0.2) is 0 Å². The van der Waals surface area contributed by atoms with Crippen LogP contribution >= 0.6 is 0 Å². The summed E-state index contributed by atoms with van der Waals surface area (Å²) in [7, 11) is 1.96. The highest BCUT2D eigenvalue weighted by Crippen LogP contribution is 2.25. The number of nitriles is 1. The van der Waals surface area contributed by atoms with Crippen molar-refractivity contribution in [1.82, 2.24) is 10.2 Å². The maximum atomic E-state index is 12.2. The van der Waals surface area contributed by atoms with Crippen molar-refractivity contribution in [1.29, 1.82) is 5.26 Å². The Bertz CT molecular complexity index is 255. The Balaban J connectivity index is 2.11. The van der Waals surface area contributed by atoms with Crippen LogP contribution in [0.4, 0.5) is 13.2 Å². The van der Waals surface area contributed by atoms with Crippen LogP contribution in [0.1, 0.15) is 12.8 Å². The summed E-state index contributed by atoms with van der Waals surface area (Å²) in [5.74, 6) is -1.90. The lowest BCUT2D eigenvalue weighted by Crippen LogP contribution is -2.36. The maximum absolute atomic E-state index is 12.2. The molecule has 1 aliphatic carbocycles. The minimum absolute atomic E-state index is 0.321. The number of nitrogens with zero attached hydrogens (tertiary/aromatic N) is 2. The third-order valence-corrected chi connectivity index (χ3v) is 2.71. The van der Waals surface area contributed by atoms with Crippen LogP contribution in [0.25, 0.3) is 0 Å². The van der Waals surface area contributed by atoms with Gasteiger partial charge in [0.05, 0.1) is 6.07 Å². The van der Waals surface area contributed by atoms with Gasteiger partial charge in [-0.05, 0) is 19.9 Å². The van der Waals surface area contributed by atoms with Gasteiger partial charge in [0.1, 0.15) is 0 Å². The lowest BCUT2D eigenvalue weighted by atomic mass is 10.1. The second-order valence-electron chi connectivity index (χ2n) is 4.14. The highest BCUT2D eigenvalue weighted by molar-refractivity contribution is 4.90. The molecule has 92 valence electrons. The van der Waals surface area contributed by atoms with Gasteiger partial charge in [0.15, 0.2) is 5.92 Å². The maximum Gasteiger partial charge on any atom is 0.405 e. The molecule has 0 aromatic rings. The van der Waals surface area contributed by atoms with Gasteiger partial charge < -0.3 is 10.2 Å². The molecule has 1 aliphatic rings. The number of nitrogens with one attached hydrogen (secondary N) is 1. The average Bonchev–Trinajstić information content (AvgIpc) is 2.98. The van der Waals surface area contributed by atoms with Gasteiger partial charge in [0.2, 0.25) is 0 Å². The smallest absolute Gasteiger partial charge is 0.314 e. The van der Waals surface area contributed by atoms with Crippen LogP contribution in [0.2, 0.25) is 0 Å². The van der Waals surface area contributed by atoms with Gasteiger partial charge in [0, 0.05) is 25.7 Å². The number of hydrogen-bond donors (Lipinski definition) is 1. The Morgan fingerprint density at radius 2 is 2.12 bits per heavy atom. The summed E-state index contributed by atoms with van der Waals surface area (Å²) in [4.78, 5) is 2.13. The van der Waals surface area contributed by atoms with Crippen molar-refractivity contribution >= 4 is 0 Å². The molecular formula is C10H16F3N3. The number of halogens is 3. The van der Waals surface area contributed by atoms with E-state index >= 15 is 0 Å². The molecule has 0 bridgehead atoms. The highest BCUT2D eigenvalue weighted by atomic mass is 19.4. The summed E-state index contributed by atoms with van der Waals surface area (Å²) in [5.41, 5.74) is 0. The summed E-state index contributed by atoms with van der Waals surface area (Å²) in [6.45, 7) is 0.889. The molecule has 1 N–H and O–H groups in total. The zero-order valence-electron chi connectivity index (χ0n) is 9.22. The van der Waals surface area contributed by atoms with E-state index in [0.717, 1.165) is 6.54 Å². The Morgan fingerprint density at radius 3 is 2.56 bits per heavy atom. The summed E-state index contributed by atoms with van der Waals surface area (Å²) in [5, 5.41) is 11.0. The van der Waals surface area contributed by atoms with Crippen molar-refractivity contribution in [2.24, 2.45) is 5.92 Å². The first-order valence-electron chi connectivity index (χ1n) is 5.32. The van der Waals surface area contributed by atoms with Gasteiger partial charge in [-0.3, -0.25) is 0 Å². The van der Waals surface area contributed by atoms with Crippen molar-refractivity contribution in [3.8, 4) is 6.07 Å². The molecule has 0 heterocycles. The molecule has 0 radical (unpaired) electrons. The first-order valence-corrected chi connectivity index (χ1v) is 5.32. The molecule has 1 atom stereocenters. The highest BCUT2D eigenvalue weighted by Gasteiger charge is 2.39. The molecule has 0 amide bonds. The van der Waals surface area contributed by atoms with E-state index < -0.39 is 12.1 Å². The molecule has 6 heteroatoms. The quantitative estimate of drug-likeness (QED) is 0.707. The van der Waals surface area contributed by atoms with E-state index in [9.17, 15) is 13.2 Å². The van der Waals surface area contributed by atoms with Crippen molar-refractivity contribution < 1.29 is 13.2 Å². The molecule has 3 nitrogen and oxygen atoms in total. The van der Waals surface area contributed by atoms with Crippen molar-refractivity contribution in [2.45, 2.75) is 25.1 Å². The van der Waals surface area contributed by atoms with E-state index in [4.69, 9.17) is 5.26 Å². The zero-order chi connectivity index (χ0) is 12.2. The van der Waals surface area contributed by atoms with E-state index in [1.165, 1.54) is 18.9 Å². The van der Waals surface area contributed by atoms with Gasteiger partial charge in [-0.1, -0.05) is 0 Å². The van der Waals surface area contributed by atoms with Crippen molar-refractivity contribution in [3.63, 3.8) is 0 Å². The first-order chi connectivity index (χ1) is 7.45. The van der Waals surface area contributed by atoms with E-state index in [1.54, 1.807) is 0 Å². The summed E-state index contributed by atoms with van der Waals surface area (Å²) < 4.78 is 36.5. The topological polar surface area (TPSA) is 39.1 Å². The molecule has 1 saturated carbocycles. The fraction of sp³-hybridized carbons (Fsp3) is 0.900. The predicted octanol–water partition coefficient (Wildman–Crippen LogP) is 1.37. The molecule has 0 spiro atoms. The van der Waals surface area contributed by atoms with E-state index in [0.29, 0.717) is 12.6 Å². The molecule has 0 aliphatic heterocycles. The SMILES string of the molecule is CN(CCNCC(C#N)C(F)(F)F)C1CC1. The summed E-state index contributed by atoms with van der Waals surface area (Å²) in [6.07, 6.45) is -2.07. The third kappa shape index (κ3) is 4.37. The van der Waals surface area contributed by atoms with Crippen LogP contribution in [-0.4, -0.2) is 43.8 Å². The van der Waals surface area contributed by atoms with Crippen LogP contribution in [0.5, 0.6) is 0 Å². The Hall–Kier alpha value is -0.800. The van der Waals surface area contributed by atoms with Gasteiger partial charge in [-0.15, -0.1) is 0 Å².